The first-order valence-corrected chi connectivity index (χ1v) is 4.04. The van der Waals surface area contributed by atoms with Crippen LogP contribution in [0.2, 0.25) is 0 Å². The maximum atomic E-state index is 10.1. The summed E-state index contributed by atoms with van der Waals surface area (Å²) in [5.74, 6) is 0. The van der Waals surface area contributed by atoms with Gasteiger partial charge in [-0.25, -0.2) is 8.42 Å². The van der Waals surface area contributed by atoms with Gasteiger partial charge in [0.2, 0.25) is 0 Å². The number of hydrogen-bond donors (Lipinski definition) is 0. The van der Waals surface area contributed by atoms with Gasteiger partial charge in [-0.05, 0) is 23.7 Å². The number of hydrogen-bond acceptors (Lipinski definition) is 4. The standard InChI is InChI=1S/C4H6O3S2.Na/c1-2-4(3-8)9(5,6)7;/h2H2,1H3,(H,5,6,7);/q;+1/p-1. The van der Waals surface area contributed by atoms with E-state index in [2.05, 4.69) is 12.2 Å². The zero-order valence-corrected chi connectivity index (χ0v) is 9.38. The van der Waals surface area contributed by atoms with Crippen molar-refractivity contribution in [2.45, 2.75) is 13.3 Å². The third kappa shape index (κ3) is 4.57. The minimum absolute atomic E-state index is 0. The monoisotopic (exact) mass is 188 g/mol. The molecule has 0 amide bonds. The Labute approximate surface area is 87.5 Å². The van der Waals surface area contributed by atoms with Crippen molar-refractivity contribution in [2.24, 2.45) is 0 Å². The molecule has 0 aromatic rings. The molecule has 0 heterocycles. The van der Waals surface area contributed by atoms with Gasteiger partial charge in [-0.2, -0.15) is 0 Å². The molecule has 0 fully saturated rings. The van der Waals surface area contributed by atoms with Crippen molar-refractivity contribution in [3.8, 4) is 0 Å². The van der Waals surface area contributed by atoms with Gasteiger partial charge >= 0.3 is 29.6 Å². The SMILES string of the molecule is CCC(=C=S)S(=O)(=O)[O-].[Na+]. The minimum atomic E-state index is -4.31. The topological polar surface area (TPSA) is 57.2 Å². The summed E-state index contributed by atoms with van der Waals surface area (Å²) in [5, 5.41) is 1.89. The van der Waals surface area contributed by atoms with E-state index in [1.54, 1.807) is 0 Å². The predicted molar refractivity (Wildman–Crippen MR) is 36.1 cm³/mol. The van der Waals surface area contributed by atoms with Crippen LogP contribution in [0.15, 0.2) is 4.91 Å². The summed E-state index contributed by atoms with van der Waals surface area (Å²) in [6.07, 6.45) is 0.120. The fourth-order valence-corrected chi connectivity index (χ4v) is 1.21. The van der Waals surface area contributed by atoms with Gasteiger partial charge in [0.25, 0.3) is 0 Å². The van der Waals surface area contributed by atoms with Crippen LogP contribution in [0.25, 0.3) is 0 Å². The fraction of sp³-hybridized carbons (Fsp3) is 0.500. The molecule has 0 rings (SSSR count). The van der Waals surface area contributed by atoms with Gasteiger partial charge in [-0.3, -0.25) is 0 Å². The van der Waals surface area contributed by atoms with E-state index in [0.29, 0.717) is 0 Å². The maximum Gasteiger partial charge on any atom is 1.00 e. The van der Waals surface area contributed by atoms with Gasteiger partial charge < -0.3 is 4.55 Å². The van der Waals surface area contributed by atoms with Crippen molar-refractivity contribution < 1.29 is 42.5 Å². The van der Waals surface area contributed by atoms with E-state index >= 15 is 0 Å². The van der Waals surface area contributed by atoms with Crippen LogP contribution in [-0.4, -0.2) is 18.0 Å². The molecule has 0 aliphatic carbocycles. The predicted octanol–water partition coefficient (Wildman–Crippen LogP) is -2.57. The van der Waals surface area contributed by atoms with Gasteiger partial charge in [0.15, 0.2) is 0 Å². The Bertz CT molecular complexity index is 237. The fourth-order valence-electron chi connectivity index (χ4n) is 0.300. The molecule has 52 valence electrons. The Balaban J connectivity index is 0. The second-order valence-corrected chi connectivity index (χ2v) is 2.94. The van der Waals surface area contributed by atoms with Crippen molar-refractivity contribution in [3.05, 3.63) is 4.91 Å². The van der Waals surface area contributed by atoms with Crippen molar-refractivity contribution in [1.82, 2.24) is 0 Å². The van der Waals surface area contributed by atoms with Crippen molar-refractivity contribution in [1.29, 1.82) is 0 Å². The Morgan fingerprint density at radius 2 is 2.10 bits per heavy atom. The minimum Gasteiger partial charge on any atom is -0.744 e. The van der Waals surface area contributed by atoms with Gasteiger partial charge in [-0.15, -0.1) is 0 Å². The van der Waals surface area contributed by atoms with Crippen LogP contribution in [0.5, 0.6) is 0 Å². The molecule has 0 aromatic heterocycles. The summed E-state index contributed by atoms with van der Waals surface area (Å²) in [6, 6.07) is 0. The van der Waals surface area contributed by atoms with Crippen molar-refractivity contribution >= 4 is 27.4 Å². The van der Waals surface area contributed by atoms with Gasteiger partial charge in [0.05, 0.1) is 4.91 Å². The molecular formula is C4H5NaO3S2. The first-order valence-electron chi connectivity index (χ1n) is 2.22. The molecule has 0 aliphatic heterocycles. The Morgan fingerprint density at radius 1 is 1.70 bits per heavy atom. The average molecular weight is 188 g/mol. The Morgan fingerprint density at radius 3 is 2.10 bits per heavy atom. The number of rotatable bonds is 2. The molecule has 6 heteroatoms. The molecule has 0 spiro atoms. The van der Waals surface area contributed by atoms with E-state index in [1.165, 1.54) is 6.92 Å². The van der Waals surface area contributed by atoms with Crippen molar-refractivity contribution in [2.75, 3.05) is 0 Å². The summed E-state index contributed by atoms with van der Waals surface area (Å²) >= 11 is 4.15. The molecule has 0 radical (unpaired) electrons. The Kier molecular flexibility index (Phi) is 7.27. The first-order chi connectivity index (χ1) is 4.02. The number of allylic oxidation sites excluding steroid dienone is 1. The third-order valence-electron chi connectivity index (χ3n) is 0.737. The van der Waals surface area contributed by atoms with Gasteiger partial charge in [-0.1, -0.05) is 6.92 Å². The van der Waals surface area contributed by atoms with E-state index in [9.17, 15) is 13.0 Å². The zero-order chi connectivity index (χ0) is 7.49. The number of thiocarbonyl (C=S) groups is 1. The van der Waals surface area contributed by atoms with E-state index in [-0.39, 0.29) is 40.9 Å². The molecule has 0 N–H and O–H groups in total. The molecule has 0 aliphatic rings. The van der Waals surface area contributed by atoms with Crippen LogP contribution in [0, 0.1) is 0 Å². The van der Waals surface area contributed by atoms with E-state index in [4.69, 9.17) is 0 Å². The molecule has 10 heavy (non-hydrogen) atoms. The van der Waals surface area contributed by atoms with Crippen LogP contribution < -0.4 is 29.6 Å². The van der Waals surface area contributed by atoms with Crippen LogP contribution in [-0.2, 0) is 10.1 Å². The molecule has 0 unspecified atom stereocenters. The molecule has 0 atom stereocenters. The summed E-state index contributed by atoms with van der Waals surface area (Å²) in [6.45, 7) is 1.53. The summed E-state index contributed by atoms with van der Waals surface area (Å²) in [4.78, 5) is -0.350. The van der Waals surface area contributed by atoms with Gasteiger partial charge in [0, 0.05) is 0 Å². The van der Waals surface area contributed by atoms with E-state index in [0.717, 1.165) is 0 Å². The third-order valence-corrected chi connectivity index (χ3v) is 2.11. The molecular weight excluding hydrogens is 183 g/mol. The van der Waals surface area contributed by atoms with E-state index in [1.807, 2.05) is 5.02 Å². The second kappa shape index (κ2) is 5.43. The van der Waals surface area contributed by atoms with Gasteiger partial charge in [0.1, 0.15) is 10.1 Å². The Hall–Kier alpha value is 0.780. The molecule has 0 saturated heterocycles. The molecule has 0 saturated carbocycles. The molecule has 0 aromatic carbocycles. The van der Waals surface area contributed by atoms with Crippen molar-refractivity contribution in [3.63, 3.8) is 0 Å². The zero-order valence-electron chi connectivity index (χ0n) is 5.75. The largest absolute Gasteiger partial charge is 1.00 e. The van der Waals surface area contributed by atoms with Crippen LogP contribution in [0.3, 0.4) is 0 Å². The smallest absolute Gasteiger partial charge is 0.744 e. The van der Waals surface area contributed by atoms with Crippen LogP contribution in [0.1, 0.15) is 13.3 Å². The second-order valence-electron chi connectivity index (χ2n) is 1.33. The average Bonchev–Trinajstić information content (AvgIpc) is 1.65. The van der Waals surface area contributed by atoms with Crippen LogP contribution >= 0.6 is 12.2 Å². The van der Waals surface area contributed by atoms with Crippen LogP contribution in [0.4, 0.5) is 0 Å². The molecule has 3 nitrogen and oxygen atoms in total. The van der Waals surface area contributed by atoms with E-state index < -0.39 is 10.1 Å². The quantitative estimate of drug-likeness (QED) is 0.271. The first kappa shape index (κ1) is 13.4. The summed E-state index contributed by atoms with van der Waals surface area (Å²) in [7, 11) is -4.31. The summed E-state index contributed by atoms with van der Waals surface area (Å²) < 4.78 is 30.2. The summed E-state index contributed by atoms with van der Waals surface area (Å²) in [5.41, 5.74) is 0. The normalized spacial score (nSPS) is 9.40. The maximum absolute atomic E-state index is 10.1. The molecule has 0 bridgehead atoms.